The number of nitrogens with one attached hydrogen (secondary N) is 1. The van der Waals surface area contributed by atoms with E-state index in [1.54, 1.807) is 19.3 Å². The van der Waals surface area contributed by atoms with Crippen molar-refractivity contribution < 1.29 is 9.53 Å². The van der Waals surface area contributed by atoms with Gasteiger partial charge in [0.05, 0.1) is 7.11 Å². The summed E-state index contributed by atoms with van der Waals surface area (Å²) >= 11 is 0. The lowest BCUT2D eigenvalue weighted by Crippen LogP contribution is -2.13. The van der Waals surface area contributed by atoms with E-state index < -0.39 is 0 Å². The largest absolute Gasteiger partial charge is 0.496 e. The van der Waals surface area contributed by atoms with Crippen LogP contribution in [0, 0.1) is 0 Å². The smallest absolute Gasteiger partial charge is 0.248 e. The van der Waals surface area contributed by atoms with Crippen LogP contribution in [0.4, 0.5) is 5.69 Å². The predicted octanol–water partition coefficient (Wildman–Crippen LogP) is 5.59. The molecule has 0 unspecified atom stereocenters. The molecule has 0 radical (unpaired) electrons. The number of anilines is 1. The van der Waals surface area contributed by atoms with E-state index in [1.807, 2.05) is 24.3 Å². The number of carbonyl (C=O) groups excluding carboxylic acids is 1. The van der Waals surface area contributed by atoms with Gasteiger partial charge in [0.15, 0.2) is 0 Å². The Kier molecular flexibility index (Phi) is 6.40. The second-order valence-electron chi connectivity index (χ2n) is 6.69. The third-order valence-electron chi connectivity index (χ3n) is 4.17. The highest BCUT2D eigenvalue weighted by Crippen LogP contribution is 2.32. The van der Waals surface area contributed by atoms with Crippen LogP contribution >= 0.6 is 0 Å². The van der Waals surface area contributed by atoms with Crippen LogP contribution < -0.4 is 10.1 Å². The van der Waals surface area contributed by atoms with E-state index in [4.69, 9.17) is 4.74 Å². The summed E-state index contributed by atoms with van der Waals surface area (Å²) in [4.78, 5) is 12.5. The van der Waals surface area contributed by atoms with Crippen LogP contribution in [0.2, 0.25) is 0 Å². The lowest BCUT2D eigenvalue weighted by molar-refractivity contribution is -0.111. The van der Waals surface area contributed by atoms with Gasteiger partial charge < -0.3 is 10.1 Å². The van der Waals surface area contributed by atoms with Crippen molar-refractivity contribution in [1.29, 1.82) is 0 Å². The second kappa shape index (κ2) is 8.52. The summed E-state index contributed by atoms with van der Waals surface area (Å²) in [6.07, 6.45) is 3.33. The van der Waals surface area contributed by atoms with Crippen molar-refractivity contribution in [2.24, 2.45) is 0 Å². The standard InChI is InChI=1S/C22H27NO2/c1-15(2)18-10-8-11-19(16(3)4)22(18)23-21(24)14-13-17-9-6-7-12-20(17)25-5/h6-16H,1-5H3,(H,23,24)/b14-13+. The van der Waals surface area contributed by atoms with Gasteiger partial charge in [0.2, 0.25) is 5.91 Å². The Morgan fingerprint density at radius 3 is 2.12 bits per heavy atom. The summed E-state index contributed by atoms with van der Waals surface area (Å²) in [5.74, 6) is 1.29. The lowest BCUT2D eigenvalue weighted by atomic mass is 9.92. The zero-order valence-electron chi connectivity index (χ0n) is 15.7. The van der Waals surface area contributed by atoms with E-state index in [2.05, 4.69) is 51.2 Å². The van der Waals surface area contributed by atoms with Crippen LogP contribution in [0.3, 0.4) is 0 Å². The van der Waals surface area contributed by atoms with Crippen molar-refractivity contribution in [3.63, 3.8) is 0 Å². The Morgan fingerprint density at radius 2 is 1.56 bits per heavy atom. The first-order valence-corrected chi connectivity index (χ1v) is 8.69. The molecule has 1 N–H and O–H groups in total. The number of amides is 1. The summed E-state index contributed by atoms with van der Waals surface area (Å²) in [6, 6.07) is 13.8. The van der Waals surface area contributed by atoms with Crippen LogP contribution in [0.5, 0.6) is 5.75 Å². The first-order chi connectivity index (χ1) is 11.9. The minimum atomic E-state index is -0.138. The molecule has 3 heteroatoms. The number of benzene rings is 2. The first kappa shape index (κ1) is 18.8. The zero-order chi connectivity index (χ0) is 18.4. The second-order valence-corrected chi connectivity index (χ2v) is 6.69. The molecule has 0 bridgehead atoms. The highest BCUT2D eigenvalue weighted by molar-refractivity contribution is 6.03. The maximum absolute atomic E-state index is 12.5. The van der Waals surface area contributed by atoms with Crippen LogP contribution in [0.1, 0.15) is 56.2 Å². The Hall–Kier alpha value is -2.55. The van der Waals surface area contributed by atoms with Gasteiger partial charge in [-0.2, -0.15) is 0 Å². The molecule has 0 aliphatic rings. The minimum absolute atomic E-state index is 0.138. The molecule has 2 aromatic rings. The number of para-hydroxylation sites is 2. The first-order valence-electron chi connectivity index (χ1n) is 8.69. The van der Waals surface area contributed by atoms with Crippen molar-refractivity contribution in [2.75, 3.05) is 12.4 Å². The van der Waals surface area contributed by atoms with E-state index in [0.717, 1.165) is 28.1 Å². The SMILES string of the molecule is COc1ccccc1/C=C/C(=O)Nc1c(C(C)C)cccc1C(C)C. The van der Waals surface area contributed by atoms with E-state index >= 15 is 0 Å². The number of hydrogen-bond acceptors (Lipinski definition) is 2. The van der Waals surface area contributed by atoms with E-state index in [9.17, 15) is 4.79 Å². The topological polar surface area (TPSA) is 38.3 Å². The fourth-order valence-corrected chi connectivity index (χ4v) is 2.83. The molecule has 0 atom stereocenters. The molecule has 0 aromatic heterocycles. The van der Waals surface area contributed by atoms with Gasteiger partial charge in [0.25, 0.3) is 0 Å². The predicted molar refractivity (Wildman–Crippen MR) is 105 cm³/mol. The van der Waals surface area contributed by atoms with Crippen molar-refractivity contribution in [3.8, 4) is 5.75 Å². The third-order valence-corrected chi connectivity index (χ3v) is 4.17. The van der Waals surface area contributed by atoms with Gasteiger partial charge in [0, 0.05) is 17.3 Å². The van der Waals surface area contributed by atoms with Crippen LogP contribution in [-0.4, -0.2) is 13.0 Å². The summed E-state index contributed by atoms with van der Waals surface area (Å²) < 4.78 is 5.31. The van der Waals surface area contributed by atoms with Crippen LogP contribution in [0.25, 0.3) is 6.08 Å². The monoisotopic (exact) mass is 337 g/mol. The van der Waals surface area contributed by atoms with E-state index in [1.165, 1.54) is 0 Å². The highest BCUT2D eigenvalue weighted by Gasteiger charge is 2.15. The van der Waals surface area contributed by atoms with Crippen LogP contribution in [0.15, 0.2) is 48.5 Å². The van der Waals surface area contributed by atoms with Gasteiger partial charge in [-0.25, -0.2) is 0 Å². The molecule has 0 saturated heterocycles. The fourth-order valence-electron chi connectivity index (χ4n) is 2.83. The Bertz CT molecular complexity index is 734. The molecular weight excluding hydrogens is 310 g/mol. The normalized spacial score (nSPS) is 11.3. The maximum atomic E-state index is 12.5. The van der Waals surface area contributed by atoms with Gasteiger partial charge in [-0.1, -0.05) is 64.1 Å². The van der Waals surface area contributed by atoms with Crippen molar-refractivity contribution >= 4 is 17.7 Å². The Morgan fingerprint density at radius 1 is 0.960 bits per heavy atom. The van der Waals surface area contributed by atoms with E-state index in [-0.39, 0.29) is 5.91 Å². The molecule has 0 saturated carbocycles. The number of hydrogen-bond donors (Lipinski definition) is 1. The minimum Gasteiger partial charge on any atom is -0.496 e. The van der Waals surface area contributed by atoms with Gasteiger partial charge in [-0.05, 0) is 35.1 Å². The molecule has 0 aliphatic carbocycles. The number of carbonyl (C=O) groups is 1. The molecule has 25 heavy (non-hydrogen) atoms. The van der Waals surface area contributed by atoms with Gasteiger partial charge in [0.1, 0.15) is 5.75 Å². The molecule has 0 aliphatic heterocycles. The zero-order valence-corrected chi connectivity index (χ0v) is 15.7. The maximum Gasteiger partial charge on any atom is 0.248 e. The van der Waals surface area contributed by atoms with Crippen molar-refractivity contribution in [3.05, 3.63) is 65.2 Å². The third kappa shape index (κ3) is 4.72. The molecule has 132 valence electrons. The lowest BCUT2D eigenvalue weighted by Gasteiger charge is -2.19. The Labute approximate surface area is 150 Å². The molecule has 2 rings (SSSR count). The highest BCUT2D eigenvalue weighted by atomic mass is 16.5. The molecule has 0 spiro atoms. The van der Waals surface area contributed by atoms with Crippen molar-refractivity contribution in [1.82, 2.24) is 0 Å². The summed E-state index contributed by atoms with van der Waals surface area (Å²) in [5, 5.41) is 3.08. The average molecular weight is 337 g/mol. The Balaban J connectivity index is 2.27. The van der Waals surface area contributed by atoms with Crippen LogP contribution in [-0.2, 0) is 4.79 Å². The average Bonchev–Trinajstić information content (AvgIpc) is 2.59. The fraction of sp³-hybridized carbons (Fsp3) is 0.318. The number of methoxy groups -OCH3 is 1. The number of rotatable bonds is 6. The molecule has 0 fully saturated rings. The van der Waals surface area contributed by atoms with Crippen molar-refractivity contribution in [2.45, 2.75) is 39.5 Å². The molecular formula is C22H27NO2. The van der Waals surface area contributed by atoms with Gasteiger partial charge in [-0.15, -0.1) is 0 Å². The summed E-state index contributed by atoms with van der Waals surface area (Å²) in [5.41, 5.74) is 4.12. The molecule has 3 nitrogen and oxygen atoms in total. The quantitative estimate of drug-likeness (QED) is 0.697. The molecule has 2 aromatic carbocycles. The molecule has 0 heterocycles. The number of ether oxygens (including phenoxy) is 1. The molecule has 1 amide bonds. The van der Waals surface area contributed by atoms with Gasteiger partial charge >= 0.3 is 0 Å². The summed E-state index contributed by atoms with van der Waals surface area (Å²) in [6.45, 7) is 8.55. The van der Waals surface area contributed by atoms with E-state index in [0.29, 0.717) is 11.8 Å². The summed E-state index contributed by atoms with van der Waals surface area (Å²) in [7, 11) is 1.63. The van der Waals surface area contributed by atoms with Gasteiger partial charge in [-0.3, -0.25) is 4.79 Å².